The van der Waals surface area contributed by atoms with Gasteiger partial charge in [-0.2, -0.15) is 0 Å². The molecule has 2 heterocycles. The lowest BCUT2D eigenvalue weighted by Gasteiger charge is -2.35. The number of pyridine rings is 1. The SMILES string of the molecule is Cc1cc(F)ccc1CS(=O)(=O)c1cccc(C(=O)N2CCN(c3ccccn3)CC2)c1. The highest BCUT2D eigenvalue weighted by Crippen LogP contribution is 2.22. The van der Waals surface area contributed by atoms with E-state index in [0.29, 0.717) is 42.9 Å². The Hall–Kier alpha value is -3.26. The van der Waals surface area contributed by atoms with Gasteiger partial charge in [-0.05, 0) is 60.5 Å². The number of rotatable bonds is 5. The zero-order chi connectivity index (χ0) is 22.7. The third-order valence-electron chi connectivity index (χ3n) is 5.63. The van der Waals surface area contributed by atoms with Gasteiger partial charge in [0.2, 0.25) is 0 Å². The molecule has 0 radical (unpaired) electrons. The van der Waals surface area contributed by atoms with Gasteiger partial charge in [0.15, 0.2) is 9.84 Å². The van der Waals surface area contributed by atoms with E-state index in [1.165, 1.54) is 30.3 Å². The Labute approximate surface area is 187 Å². The number of piperazine rings is 1. The van der Waals surface area contributed by atoms with Crippen molar-refractivity contribution in [1.82, 2.24) is 9.88 Å². The largest absolute Gasteiger partial charge is 0.353 e. The molecule has 1 aliphatic heterocycles. The fraction of sp³-hybridized carbons (Fsp3) is 0.250. The first-order valence-corrected chi connectivity index (χ1v) is 12.0. The Balaban J connectivity index is 1.47. The summed E-state index contributed by atoms with van der Waals surface area (Å²) in [6.07, 6.45) is 1.74. The second-order valence-corrected chi connectivity index (χ2v) is 9.81. The van der Waals surface area contributed by atoms with Crippen molar-refractivity contribution in [2.45, 2.75) is 17.6 Å². The number of amides is 1. The third kappa shape index (κ3) is 4.80. The van der Waals surface area contributed by atoms with Crippen LogP contribution in [0.15, 0.2) is 71.8 Å². The Morgan fingerprint density at radius 3 is 2.47 bits per heavy atom. The van der Waals surface area contributed by atoms with E-state index in [1.807, 2.05) is 18.2 Å². The van der Waals surface area contributed by atoms with E-state index in [2.05, 4.69) is 9.88 Å². The predicted octanol–water partition coefficient (Wildman–Crippen LogP) is 3.47. The van der Waals surface area contributed by atoms with Crippen molar-refractivity contribution >= 4 is 21.6 Å². The molecule has 3 aromatic rings. The maximum atomic E-state index is 13.3. The molecule has 1 aromatic heterocycles. The summed E-state index contributed by atoms with van der Waals surface area (Å²) in [4.78, 5) is 21.3. The first kappa shape index (κ1) is 22.0. The van der Waals surface area contributed by atoms with Crippen LogP contribution in [0, 0.1) is 12.7 Å². The van der Waals surface area contributed by atoms with E-state index in [1.54, 1.807) is 30.2 Å². The van der Waals surface area contributed by atoms with Crippen LogP contribution in [0.25, 0.3) is 0 Å². The average molecular weight is 454 g/mol. The topological polar surface area (TPSA) is 70.6 Å². The Morgan fingerprint density at radius 2 is 1.78 bits per heavy atom. The van der Waals surface area contributed by atoms with Crippen LogP contribution in [0.2, 0.25) is 0 Å². The summed E-state index contributed by atoms with van der Waals surface area (Å²) < 4.78 is 39.3. The number of nitrogens with zero attached hydrogens (tertiary/aromatic N) is 3. The number of sulfone groups is 1. The molecule has 4 rings (SSSR count). The van der Waals surface area contributed by atoms with Crippen LogP contribution in [-0.4, -0.2) is 50.4 Å². The minimum Gasteiger partial charge on any atom is -0.353 e. The van der Waals surface area contributed by atoms with Crippen molar-refractivity contribution in [3.8, 4) is 0 Å². The third-order valence-corrected chi connectivity index (χ3v) is 7.29. The molecule has 0 bridgehead atoms. The quantitative estimate of drug-likeness (QED) is 0.592. The number of benzene rings is 2. The zero-order valence-electron chi connectivity index (χ0n) is 17.7. The predicted molar refractivity (Wildman–Crippen MR) is 121 cm³/mol. The number of hydrogen-bond acceptors (Lipinski definition) is 5. The van der Waals surface area contributed by atoms with Gasteiger partial charge in [-0.25, -0.2) is 17.8 Å². The summed E-state index contributed by atoms with van der Waals surface area (Å²) in [7, 11) is -3.69. The number of anilines is 1. The van der Waals surface area contributed by atoms with Gasteiger partial charge in [0.25, 0.3) is 5.91 Å². The number of aromatic nitrogens is 1. The lowest BCUT2D eigenvalue weighted by molar-refractivity contribution is 0.0746. The normalized spacial score (nSPS) is 14.4. The summed E-state index contributed by atoms with van der Waals surface area (Å²) in [5, 5.41) is 0. The molecule has 0 N–H and O–H groups in total. The first-order valence-electron chi connectivity index (χ1n) is 10.4. The first-order chi connectivity index (χ1) is 15.3. The maximum absolute atomic E-state index is 13.3. The highest BCUT2D eigenvalue weighted by Gasteiger charge is 2.24. The van der Waals surface area contributed by atoms with E-state index in [4.69, 9.17) is 0 Å². The summed E-state index contributed by atoms with van der Waals surface area (Å²) in [5.41, 5.74) is 1.45. The average Bonchev–Trinajstić information content (AvgIpc) is 2.81. The van der Waals surface area contributed by atoms with Gasteiger partial charge in [-0.1, -0.05) is 18.2 Å². The lowest BCUT2D eigenvalue weighted by atomic mass is 10.1. The molecule has 2 aromatic carbocycles. The molecule has 8 heteroatoms. The molecule has 0 aliphatic carbocycles. The molecule has 1 amide bonds. The van der Waals surface area contributed by atoms with Gasteiger partial charge in [0.1, 0.15) is 11.6 Å². The molecule has 6 nitrogen and oxygen atoms in total. The number of hydrogen-bond donors (Lipinski definition) is 0. The van der Waals surface area contributed by atoms with Crippen LogP contribution in [0.3, 0.4) is 0 Å². The fourth-order valence-electron chi connectivity index (χ4n) is 3.79. The fourth-order valence-corrected chi connectivity index (χ4v) is 5.29. The van der Waals surface area contributed by atoms with Gasteiger partial charge in [0, 0.05) is 37.9 Å². The van der Waals surface area contributed by atoms with Crippen LogP contribution >= 0.6 is 0 Å². The summed E-state index contributed by atoms with van der Waals surface area (Å²) in [6.45, 7) is 4.05. The van der Waals surface area contributed by atoms with Crippen LogP contribution in [0.5, 0.6) is 0 Å². The number of carbonyl (C=O) groups excluding carboxylic acids is 1. The van der Waals surface area contributed by atoms with E-state index >= 15 is 0 Å². The molecule has 0 atom stereocenters. The molecular formula is C24H24FN3O3S. The van der Waals surface area contributed by atoms with Crippen LogP contribution < -0.4 is 4.90 Å². The number of carbonyl (C=O) groups is 1. The summed E-state index contributed by atoms with van der Waals surface area (Å²) >= 11 is 0. The molecular weight excluding hydrogens is 429 g/mol. The Bertz CT molecular complexity index is 1220. The minimum atomic E-state index is -3.69. The van der Waals surface area contributed by atoms with Crippen LogP contribution in [0.1, 0.15) is 21.5 Å². The summed E-state index contributed by atoms with van der Waals surface area (Å²) in [5.74, 6) is 0.0308. The standard InChI is InChI=1S/C24H24FN3O3S/c1-18-15-21(25)9-8-20(18)17-32(30,31)22-6-4-5-19(16-22)24(29)28-13-11-27(12-14-28)23-7-2-3-10-26-23/h2-10,15-16H,11-14,17H2,1H3. The van der Waals surface area contributed by atoms with Crippen molar-refractivity contribution in [2.24, 2.45) is 0 Å². The Kier molecular flexibility index (Phi) is 6.23. The number of halogens is 1. The minimum absolute atomic E-state index is 0.0826. The van der Waals surface area contributed by atoms with E-state index in [0.717, 1.165) is 5.82 Å². The molecule has 166 valence electrons. The summed E-state index contributed by atoms with van der Waals surface area (Å²) in [6, 6.07) is 15.9. The van der Waals surface area contributed by atoms with Crippen molar-refractivity contribution in [2.75, 3.05) is 31.1 Å². The van der Waals surface area contributed by atoms with Crippen LogP contribution in [0.4, 0.5) is 10.2 Å². The van der Waals surface area contributed by atoms with Gasteiger partial charge < -0.3 is 9.80 Å². The van der Waals surface area contributed by atoms with E-state index in [-0.39, 0.29) is 16.6 Å². The lowest BCUT2D eigenvalue weighted by Crippen LogP contribution is -2.49. The van der Waals surface area contributed by atoms with Gasteiger partial charge in [-0.15, -0.1) is 0 Å². The van der Waals surface area contributed by atoms with Crippen molar-refractivity contribution < 1.29 is 17.6 Å². The van der Waals surface area contributed by atoms with Crippen molar-refractivity contribution in [3.05, 3.63) is 89.4 Å². The second kappa shape index (κ2) is 9.08. The van der Waals surface area contributed by atoms with Gasteiger partial charge in [-0.3, -0.25) is 4.79 Å². The molecule has 1 aliphatic rings. The van der Waals surface area contributed by atoms with Crippen molar-refractivity contribution in [3.63, 3.8) is 0 Å². The van der Waals surface area contributed by atoms with E-state index in [9.17, 15) is 17.6 Å². The highest BCUT2D eigenvalue weighted by atomic mass is 32.2. The second-order valence-electron chi connectivity index (χ2n) is 7.82. The number of aryl methyl sites for hydroxylation is 1. The molecule has 0 spiro atoms. The Morgan fingerprint density at radius 1 is 1.00 bits per heavy atom. The van der Waals surface area contributed by atoms with Crippen LogP contribution in [-0.2, 0) is 15.6 Å². The zero-order valence-corrected chi connectivity index (χ0v) is 18.6. The monoisotopic (exact) mass is 453 g/mol. The van der Waals surface area contributed by atoms with Gasteiger partial charge in [0.05, 0.1) is 10.6 Å². The smallest absolute Gasteiger partial charge is 0.254 e. The van der Waals surface area contributed by atoms with Gasteiger partial charge >= 0.3 is 0 Å². The van der Waals surface area contributed by atoms with Crippen molar-refractivity contribution in [1.29, 1.82) is 0 Å². The molecule has 0 saturated carbocycles. The highest BCUT2D eigenvalue weighted by molar-refractivity contribution is 7.90. The maximum Gasteiger partial charge on any atom is 0.254 e. The molecule has 0 unspecified atom stereocenters. The molecule has 1 saturated heterocycles. The molecule has 32 heavy (non-hydrogen) atoms. The van der Waals surface area contributed by atoms with E-state index < -0.39 is 15.7 Å². The molecule has 1 fully saturated rings.